The number of nitrogens with zero attached hydrogens (tertiary/aromatic N) is 9. The molecule has 290 valence electrons. The molecular weight excluding hydrogens is 716 g/mol. The summed E-state index contributed by atoms with van der Waals surface area (Å²) in [4.78, 5) is 48.7. The van der Waals surface area contributed by atoms with Crippen molar-refractivity contribution in [2.75, 3.05) is 59.1 Å². The molecule has 6 rings (SSSR count). The quantitative estimate of drug-likeness (QED) is 0.176. The number of phosphoric acid groups is 2. The van der Waals surface area contributed by atoms with Gasteiger partial charge in [0.25, 0.3) is 5.56 Å². The number of rotatable bonds is 7. The van der Waals surface area contributed by atoms with E-state index in [-0.39, 0.29) is 30.4 Å². The third-order valence-electron chi connectivity index (χ3n) is 8.17. The zero-order chi connectivity index (χ0) is 38.0. The predicted octanol–water partition coefficient (Wildman–Crippen LogP) is 3.89. The minimum atomic E-state index is -5.12. The maximum atomic E-state index is 13.0. The number of azide groups is 1. The van der Waals surface area contributed by atoms with E-state index in [4.69, 9.17) is 29.0 Å². The van der Waals surface area contributed by atoms with Crippen molar-refractivity contribution in [3.63, 3.8) is 0 Å². The number of ether oxygens (including phenoxy) is 4. The van der Waals surface area contributed by atoms with Crippen molar-refractivity contribution >= 4 is 32.8 Å². The number of fused-ring (bicyclic) bond motifs is 11. The second-order valence-corrected chi connectivity index (χ2v) is 14.8. The van der Waals surface area contributed by atoms with Gasteiger partial charge in [-0.25, -0.2) is 19.1 Å². The van der Waals surface area contributed by atoms with Gasteiger partial charge in [0.05, 0.1) is 19.8 Å². The van der Waals surface area contributed by atoms with E-state index in [0.29, 0.717) is 0 Å². The van der Waals surface area contributed by atoms with E-state index in [2.05, 4.69) is 80.2 Å². The van der Waals surface area contributed by atoms with Gasteiger partial charge in [0, 0.05) is 4.91 Å². The molecule has 21 nitrogen and oxygen atoms in total. The molecule has 2 fully saturated rings. The zero-order valence-electron chi connectivity index (χ0n) is 30.4. The van der Waals surface area contributed by atoms with Crippen LogP contribution in [0, 0.1) is 0 Å². The summed E-state index contributed by atoms with van der Waals surface area (Å²) in [5.41, 5.74) is 8.28. The third-order valence-corrected chi connectivity index (χ3v) is 10.8. The molecule has 4 aliphatic heterocycles. The second kappa shape index (κ2) is 19.1. The highest BCUT2D eigenvalue weighted by Gasteiger charge is 2.57. The van der Waals surface area contributed by atoms with Crippen LogP contribution in [0.15, 0.2) is 16.2 Å². The van der Waals surface area contributed by atoms with E-state index in [1.54, 1.807) is 13.8 Å². The van der Waals surface area contributed by atoms with Crippen LogP contribution in [0.25, 0.3) is 21.6 Å². The molecule has 6 bridgehead atoms. The molecule has 0 saturated carbocycles. The van der Waals surface area contributed by atoms with E-state index >= 15 is 0 Å². The van der Waals surface area contributed by atoms with E-state index in [0.717, 1.165) is 10.9 Å². The zero-order valence-corrected chi connectivity index (χ0v) is 32.1. The van der Waals surface area contributed by atoms with Crippen molar-refractivity contribution in [3.8, 4) is 0 Å². The highest BCUT2D eigenvalue weighted by atomic mass is 31.3. The molecule has 51 heavy (non-hydrogen) atoms. The lowest BCUT2D eigenvalue weighted by Crippen LogP contribution is -2.32. The first-order valence-electron chi connectivity index (χ1n) is 16.8. The minimum Gasteiger partial charge on any atom is -0.358 e. The molecule has 6 heterocycles. The standard InChI is InChI=1S/C16H21N7O12P2.2C6H15N/c1-16(2)33-10-8-5-31-37(27,28)35-36(25,26)30-4-3-29-7-22-6-18-12-9(13(22)24)19-15(20-21-17)23(12)14(32-8)11(10)34-16;2*1-4-7(5-2)6-3/h6,8,10-11,14H,3-5,7H2,1-2H3,(H,25,26)(H,27,28);2*4-6H2,1-3H3/t8-,10-,11-,14-;;/m1../s1. The number of phosphoric ester groups is 2. The summed E-state index contributed by atoms with van der Waals surface area (Å²) in [6, 6.07) is 0. The van der Waals surface area contributed by atoms with Gasteiger partial charge in [0.2, 0.25) is 5.95 Å². The van der Waals surface area contributed by atoms with Crippen LogP contribution in [-0.2, 0) is 48.2 Å². The van der Waals surface area contributed by atoms with E-state index in [1.807, 2.05) is 0 Å². The van der Waals surface area contributed by atoms with Gasteiger partial charge in [-0.15, -0.1) is 0 Å². The Morgan fingerprint density at radius 1 is 0.961 bits per heavy atom. The highest BCUT2D eigenvalue weighted by molar-refractivity contribution is 7.61. The normalized spacial score (nSPS) is 29.1. The van der Waals surface area contributed by atoms with E-state index in [9.17, 15) is 23.7 Å². The van der Waals surface area contributed by atoms with Crippen LogP contribution in [0.1, 0.15) is 61.6 Å². The molecule has 2 aromatic rings. The Bertz CT molecular complexity index is 1600. The van der Waals surface area contributed by atoms with Crippen LogP contribution >= 0.6 is 15.6 Å². The summed E-state index contributed by atoms with van der Waals surface area (Å²) in [7, 11) is -10.2. The van der Waals surface area contributed by atoms with Crippen LogP contribution in [0.5, 0.6) is 0 Å². The monoisotopic (exact) mass is 767 g/mol. The lowest BCUT2D eigenvalue weighted by Gasteiger charge is -2.25. The fraction of sp³-hybridized carbons (Fsp3) is 0.821. The number of hydrogen-bond acceptors (Lipinski definition) is 15. The van der Waals surface area contributed by atoms with Crippen molar-refractivity contribution in [2.24, 2.45) is 5.11 Å². The van der Waals surface area contributed by atoms with Gasteiger partial charge in [0.15, 0.2) is 23.2 Å². The average Bonchev–Trinajstić information content (AvgIpc) is 3.70. The Kier molecular flexibility index (Phi) is 16.2. The summed E-state index contributed by atoms with van der Waals surface area (Å²) in [5.74, 6) is -1.39. The first kappa shape index (κ1) is 43.1. The Morgan fingerprint density at radius 2 is 1.53 bits per heavy atom. The Labute approximate surface area is 296 Å². The average molecular weight is 768 g/mol. The minimum absolute atomic E-state index is 0.00380. The number of hydrogen-bond donors (Lipinski definition) is 2. The number of imidazole rings is 1. The molecule has 6 atom stereocenters. The van der Waals surface area contributed by atoms with Crippen molar-refractivity contribution in [3.05, 3.63) is 27.1 Å². The van der Waals surface area contributed by atoms with Gasteiger partial charge in [0.1, 0.15) is 31.4 Å². The maximum Gasteiger partial charge on any atom is 0.481 e. The molecule has 2 unspecified atom stereocenters. The summed E-state index contributed by atoms with van der Waals surface area (Å²) in [5, 5.41) is 3.56. The van der Waals surface area contributed by atoms with Crippen molar-refractivity contribution in [1.29, 1.82) is 0 Å². The second-order valence-electron chi connectivity index (χ2n) is 11.7. The molecule has 0 radical (unpaired) electrons. The van der Waals surface area contributed by atoms with E-state index < -0.39 is 64.7 Å². The molecule has 2 saturated heterocycles. The van der Waals surface area contributed by atoms with Crippen molar-refractivity contribution in [1.82, 2.24) is 28.9 Å². The Hall–Kier alpha value is -2.32. The van der Waals surface area contributed by atoms with Crippen LogP contribution in [0.3, 0.4) is 0 Å². The fourth-order valence-electron chi connectivity index (χ4n) is 5.49. The maximum absolute atomic E-state index is 13.0. The lowest BCUT2D eigenvalue weighted by atomic mass is 10.1. The SMILES string of the molecule is CC1(C)O[C@@H]2[C@H](O1)[C@H]1COP(=O)(O)OP(=O)(O)OCCOCn3cnc4c(nc(N=[N+]=[N-])n4[C@@H]2O1)c3=O.CCN(CC)CC.CCN(CC)CC. The van der Waals surface area contributed by atoms with E-state index in [1.165, 1.54) is 43.8 Å². The van der Waals surface area contributed by atoms with Gasteiger partial charge in [-0.3, -0.25) is 23.0 Å². The Morgan fingerprint density at radius 3 is 2.08 bits per heavy atom. The van der Waals surface area contributed by atoms with Crippen LogP contribution < -0.4 is 5.56 Å². The van der Waals surface area contributed by atoms with Crippen LogP contribution in [0.2, 0.25) is 0 Å². The summed E-state index contributed by atoms with van der Waals surface area (Å²) >= 11 is 0. The fourth-order valence-corrected chi connectivity index (χ4v) is 7.55. The van der Waals surface area contributed by atoms with Crippen LogP contribution in [-0.4, -0.2) is 122 Å². The topological polar surface area (TPSA) is 247 Å². The molecule has 0 aliphatic carbocycles. The smallest absolute Gasteiger partial charge is 0.358 e. The molecule has 0 aromatic carbocycles. The first-order valence-corrected chi connectivity index (χ1v) is 19.8. The Balaban J connectivity index is 0.000000424. The third kappa shape index (κ3) is 11.6. The summed E-state index contributed by atoms with van der Waals surface area (Å²) < 4.78 is 63.6. The van der Waals surface area contributed by atoms with Gasteiger partial charge in [-0.2, -0.15) is 4.31 Å². The van der Waals surface area contributed by atoms with Gasteiger partial charge >= 0.3 is 15.6 Å². The molecular formula is C28H51N9O12P2. The predicted molar refractivity (Wildman–Crippen MR) is 184 cm³/mol. The van der Waals surface area contributed by atoms with Crippen molar-refractivity contribution < 1.29 is 51.2 Å². The van der Waals surface area contributed by atoms with Crippen LogP contribution in [0.4, 0.5) is 5.95 Å². The van der Waals surface area contributed by atoms with Gasteiger partial charge in [-0.05, 0) is 63.8 Å². The van der Waals surface area contributed by atoms with Gasteiger partial charge < -0.3 is 38.5 Å². The summed E-state index contributed by atoms with van der Waals surface area (Å²) in [6.45, 7) is 21.6. The van der Waals surface area contributed by atoms with Gasteiger partial charge in [-0.1, -0.05) is 41.5 Å². The molecule has 23 heteroatoms. The summed E-state index contributed by atoms with van der Waals surface area (Å²) in [6.07, 6.45) is -2.88. The largest absolute Gasteiger partial charge is 0.481 e. The first-order chi connectivity index (χ1) is 24.1. The number of aromatic nitrogens is 4. The molecule has 0 amide bonds. The molecule has 0 spiro atoms. The molecule has 2 aromatic heterocycles. The molecule has 4 aliphatic rings. The molecule has 2 N–H and O–H groups in total. The van der Waals surface area contributed by atoms with Crippen molar-refractivity contribution in [2.45, 2.75) is 92.4 Å². The highest BCUT2D eigenvalue weighted by Crippen LogP contribution is 2.60. The lowest BCUT2D eigenvalue weighted by molar-refractivity contribution is -0.199.